The number of carboxylic acid groups (broad SMARTS) is 1. The van der Waals surface area contributed by atoms with Crippen LogP contribution >= 0.6 is 0 Å². The predicted octanol–water partition coefficient (Wildman–Crippen LogP) is 5.79. The molecule has 0 unspecified atom stereocenters. The van der Waals surface area contributed by atoms with E-state index in [2.05, 4.69) is 38.0 Å². The van der Waals surface area contributed by atoms with Crippen LogP contribution in [0.1, 0.15) is 91.1 Å². The fraction of sp³-hybridized carbons (Fsp3) is 0.436. The Morgan fingerprint density at radius 3 is 2.45 bits per heavy atom. The predicted molar refractivity (Wildman–Crippen MR) is 200 cm³/mol. The summed E-state index contributed by atoms with van der Waals surface area (Å²) in [5.74, 6) is 0.0934. The third-order valence-corrected chi connectivity index (χ3v) is 10.0. The van der Waals surface area contributed by atoms with E-state index in [1.54, 1.807) is 24.4 Å². The first-order valence-corrected chi connectivity index (χ1v) is 17.8. The molecular weight excluding hydrogens is 676 g/mol. The normalized spacial score (nSPS) is 16.1. The van der Waals surface area contributed by atoms with Gasteiger partial charge < -0.3 is 40.1 Å². The number of aromatic nitrogens is 3. The Balaban J connectivity index is 1.25. The van der Waals surface area contributed by atoms with Gasteiger partial charge in [-0.2, -0.15) is 0 Å². The summed E-state index contributed by atoms with van der Waals surface area (Å²) in [4.78, 5) is 52.3. The van der Waals surface area contributed by atoms with Crippen molar-refractivity contribution in [3.05, 3.63) is 82.7 Å². The van der Waals surface area contributed by atoms with Gasteiger partial charge in [0, 0.05) is 41.0 Å². The van der Waals surface area contributed by atoms with E-state index in [9.17, 15) is 19.5 Å². The van der Waals surface area contributed by atoms with Gasteiger partial charge in [-0.3, -0.25) is 9.59 Å². The van der Waals surface area contributed by atoms with Gasteiger partial charge in [-0.1, -0.05) is 49.3 Å². The molecule has 0 radical (unpaired) electrons. The van der Waals surface area contributed by atoms with Crippen molar-refractivity contribution >= 4 is 29.5 Å². The minimum absolute atomic E-state index is 0.0228. The SMILES string of the molecule is COc1cc(C(=O)NC2CCN(C)CC2)ccc1Nc1ncc2c(n1)-c1noc(C(=O)N[C@@H](CN(C(=O)O)C(C)(C)C)c3ccccc3)c1CC2(C)C. The molecule has 1 saturated heterocycles. The van der Waals surface area contributed by atoms with Crippen LogP contribution in [0.3, 0.4) is 0 Å². The van der Waals surface area contributed by atoms with Gasteiger partial charge in [-0.15, -0.1) is 0 Å². The number of piperidine rings is 1. The molecule has 4 N–H and O–H groups in total. The van der Waals surface area contributed by atoms with E-state index in [-0.39, 0.29) is 30.2 Å². The van der Waals surface area contributed by atoms with Gasteiger partial charge in [0.2, 0.25) is 11.7 Å². The van der Waals surface area contributed by atoms with E-state index in [1.807, 2.05) is 65.0 Å². The Morgan fingerprint density at radius 1 is 1.08 bits per heavy atom. The van der Waals surface area contributed by atoms with Gasteiger partial charge in [-0.25, -0.2) is 14.8 Å². The highest BCUT2D eigenvalue weighted by atomic mass is 16.5. The lowest BCUT2D eigenvalue weighted by Gasteiger charge is -2.36. The lowest BCUT2D eigenvalue weighted by molar-refractivity contribution is 0.0798. The van der Waals surface area contributed by atoms with Gasteiger partial charge >= 0.3 is 6.09 Å². The number of carbonyl (C=O) groups is 3. The molecule has 1 fully saturated rings. The number of nitrogens with one attached hydrogen (secondary N) is 3. The minimum atomic E-state index is -1.09. The van der Waals surface area contributed by atoms with Gasteiger partial charge in [0.05, 0.1) is 18.8 Å². The van der Waals surface area contributed by atoms with Crippen molar-refractivity contribution in [2.75, 3.05) is 39.1 Å². The fourth-order valence-electron chi connectivity index (χ4n) is 6.94. The smallest absolute Gasteiger partial charge is 0.407 e. The zero-order valence-electron chi connectivity index (χ0n) is 31.3. The van der Waals surface area contributed by atoms with Crippen LogP contribution in [0.25, 0.3) is 11.4 Å². The van der Waals surface area contributed by atoms with Crippen molar-refractivity contribution < 1.29 is 28.8 Å². The third kappa shape index (κ3) is 8.12. The maximum absolute atomic E-state index is 14.0. The summed E-state index contributed by atoms with van der Waals surface area (Å²) in [6.07, 6.45) is 2.90. The first-order chi connectivity index (χ1) is 25.1. The van der Waals surface area contributed by atoms with E-state index >= 15 is 0 Å². The molecule has 14 heteroatoms. The molecule has 0 bridgehead atoms. The van der Waals surface area contributed by atoms with Crippen LogP contribution in [0.15, 0.2) is 59.3 Å². The third-order valence-electron chi connectivity index (χ3n) is 10.0. The van der Waals surface area contributed by atoms with E-state index in [4.69, 9.17) is 14.2 Å². The standard InChI is InChI=1S/C39H48N8O6/c1-38(2,3)47(37(50)51)22-29(23-11-9-8-10-12-23)42-35(49)33-26-20-39(4,5)27-21-40-36(44-32(27)31(26)45-53-33)43-28-14-13-24(19-30(28)52-7)34(48)41-25-15-17-46(6)18-16-25/h8-14,19,21,25,29H,15-18,20,22H2,1-7H3,(H,41,48)(H,42,49)(H,50,51)(H,40,43,44)/t29-/m0/s1. The summed E-state index contributed by atoms with van der Waals surface area (Å²) in [6, 6.07) is 13.9. The first kappa shape index (κ1) is 37.3. The second-order valence-corrected chi connectivity index (χ2v) is 15.4. The number of methoxy groups -OCH3 is 1. The van der Waals surface area contributed by atoms with Crippen LogP contribution < -0.4 is 20.7 Å². The molecule has 3 heterocycles. The molecule has 2 aliphatic rings. The lowest BCUT2D eigenvalue weighted by Crippen LogP contribution is -2.49. The second kappa shape index (κ2) is 14.9. The number of fused-ring (bicyclic) bond motifs is 3. The zero-order chi connectivity index (χ0) is 38.1. The number of hydrogen-bond acceptors (Lipinski definition) is 10. The van der Waals surface area contributed by atoms with Crippen LogP contribution in [-0.4, -0.2) is 93.3 Å². The van der Waals surface area contributed by atoms with Crippen LogP contribution in [0.4, 0.5) is 16.4 Å². The van der Waals surface area contributed by atoms with Crippen molar-refractivity contribution in [2.24, 2.45) is 0 Å². The van der Waals surface area contributed by atoms with E-state index < -0.39 is 29.0 Å². The molecule has 53 heavy (non-hydrogen) atoms. The molecule has 1 atom stereocenters. The Kier molecular flexibility index (Phi) is 10.4. The van der Waals surface area contributed by atoms with Crippen molar-refractivity contribution in [3.8, 4) is 17.1 Å². The molecule has 2 aromatic carbocycles. The Hall–Kier alpha value is -5.50. The van der Waals surface area contributed by atoms with Gasteiger partial charge in [0.1, 0.15) is 17.1 Å². The molecule has 1 aliphatic heterocycles. The quantitative estimate of drug-likeness (QED) is 0.156. The number of rotatable bonds is 10. The van der Waals surface area contributed by atoms with Crippen molar-refractivity contribution in [2.45, 2.75) is 76.9 Å². The number of carbonyl (C=O) groups excluding carboxylic acids is 2. The largest absolute Gasteiger partial charge is 0.495 e. The second-order valence-electron chi connectivity index (χ2n) is 15.4. The van der Waals surface area contributed by atoms with Crippen molar-refractivity contribution in [1.82, 2.24) is 35.6 Å². The number of anilines is 2. The molecule has 2 aromatic heterocycles. The molecule has 3 amide bonds. The number of likely N-dealkylation sites (tertiary alicyclic amines) is 1. The summed E-state index contributed by atoms with van der Waals surface area (Å²) in [6.45, 7) is 11.4. The van der Waals surface area contributed by atoms with Crippen LogP contribution in [0, 0.1) is 0 Å². The molecule has 4 aromatic rings. The van der Waals surface area contributed by atoms with E-state index in [1.165, 1.54) is 12.0 Å². The summed E-state index contributed by atoms with van der Waals surface area (Å²) >= 11 is 0. The van der Waals surface area contributed by atoms with Gasteiger partial charge in [-0.05, 0) is 89.3 Å². The van der Waals surface area contributed by atoms with Crippen LogP contribution in [-0.2, 0) is 11.8 Å². The summed E-state index contributed by atoms with van der Waals surface area (Å²) in [5.41, 5.74) is 3.01. The average Bonchev–Trinajstić information content (AvgIpc) is 3.54. The molecule has 280 valence electrons. The summed E-state index contributed by atoms with van der Waals surface area (Å²) < 4.78 is 11.4. The summed E-state index contributed by atoms with van der Waals surface area (Å²) in [7, 11) is 3.62. The first-order valence-electron chi connectivity index (χ1n) is 17.8. The molecule has 1 aliphatic carbocycles. The molecule has 0 spiro atoms. The topological polar surface area (TPSA) is 175 Å². The van der Waals surface area contributed by atoms with Crippen LogP contribution in [0.5, 0.6) is 5.75 Å². The number of nitrogens with zero attached hydrogens (tertiary/aromatic N) is 5. The Bertz CT molecular complexity index is 1980. The monoisotopic (exact) mass is 724 g/mol. The zero-order valence-corrected chi connectivity index (χ0v) is 31.3. The Labute approximate surface area is 309 Å². The van der Waals surface area contributed by atoms with E-state index in [0.29, 0.717) is 40.4 Å². The maximum Gasteiger partial charge on any atom is 0.407 e. The molecule has 0 saturated carbocycles. The highest BCUT2D eigenvalue weighted by Gasteiger charge is 2.39. The number of hydrogen-bond donors (Lipinski definition) is 4. The number of benzene rings is 2. The van der Waals surface area contributed by atoms with Crippen LogP contribution in [0.2, 0.25) is 0 Å². The van der Waals surface area contributed by atoms with Crippen molar-refractivity contribution in [1.29, 1.82) is 0 Å². The number of ether oxygens (including phenoxy) is 1. The minimum Gasteiger partial charge on any atom is -0.495 e. The Morgan fingerprint density at radius 2 is 1.79 bits per heavy atom. The molecular formula is C39H48N8O6. The fourth-order valence-corrected chi connectivity index (χ4v) is 6.94. The lowest BCUT2D eigenvalue weighted by atomic mass is 9.74. The molecule has 14 nitrogen and oxygen atoms in total. The maximum atomic E-state index is 14.0. The highest BCUT2D eigenvalue weighted by molar-refractivity contribution is 5.96. The van der Waals surface area contributed by atoms with E-state index in [0.717, 1.165) is 37.1 Å². The highest BCUT2D eigenvalue weighted by Crippen LogP contribution is 2.43. The van der Waals surface area contributed by atoms with Crippen molar-refractivity contribution in [3.63, 3.8) is 0 Å². The number of amides is 3. The molecule has 6 rings (SSSR count). The average molecular weight is 725 g/mol. The summed E-state index contributed by atoms with van der Waals surface area (Å²) in [5, 5.41) is 23.7. The van der Waals surface area contributed by atoms with Gasteiger partial charge in [0.15, 0.2) is 0 Å². The van der Waals surface area contributed by atoms with Gasteiger partial charge in [0.25, 0.3) is 11.8 Å².